The molecule has 0 bridgehead atoms. The molecular formula is C12H17N5O4. The van der Waals surface area contributed by atoms with Crippen LogP contribution in [-0.2, 0) is 25.4 Å². The number of hydrogen-bond donors (Lipinski definition) is 2. The molecule has 0 aliphatic heterocycles. The van der Waals surface area contributed by atoms with Crippen LogP contribution in [0, 0.1) is 0 Å². The smallest absolute Gasteiger partial charge is 0.332 e. The lowest BCUT2D eigenvalue weighted by Gasteiger charge is -2.07. The van der Waals surface area contributed by atoms with Gasteiger partial charge in [0, 0.05) is 20.6 Å². The maximum Gasteiger partial charge on any atom is 0.332 e. The Morgan fingerprint density at radius 1 is 1.29 bits per heavy atom. The second-order valence-corrected chi connectivity index (χ2v) is 4.71. The maximum atomic E-state index is 12.2. The molecule has 114 valence electrons. The summed E-state index contributed by atoms with van der Waals surface area (Å²) in [6, 6.07) is 0. The predicted molar refractivity (Wildman–Crippen MR) is 76.6 cm³/mol. The van der Waals surface area contributed by atoms with Crippen LogP contribution in [-0.4, -0.2) is 36.3 Å². The number of imidazole rings is 1. The highest BCUT2D eigenvalue weighted by Gasteiger charge is 2.18. The molecule has 0 aliphatic carbocycles. The number of anilines is 1. The average molecular weight is 295 g/mol. The van der Waals surface area contributed by atoms with E-state index in [-0.39, 0.29) is 23.7 Å². The highest BCUT2D eigenvalue weighted by Crippen LogP contribution is 2.13. The van der Waals surface area contributed by atoms with Gasteiger partial charge in [-0.15, -0.1) is 0 Å². The minimum absolute atomic E-state index is 0.236. The van der Waals surface area contributed by atoms with E-state index in [1.807, 2.05) is 6.92 Å². The van der Waals surface area contributed by atoms with Crippen molar-refractivity contribution in [3.05, 3.63) is 20.8 Å². The van der Waals surface area contributed by atoms with E-state index >= 15 is 0 Å². The normalized spacial score (nSPS) is 11.0. The van der Waals surface area contributed by atoms with Gasteiger partial charge in [0.15, 0.2) is 11.2 Å². The summed E-state index contributed by atoms with van der Waals surface area (Å²) >= 11 is 0. The van der Waals surface area contributed by atoms with E-state index in [0.29, 0.717) is 13.0 Å². The van der Waals surface area contributed by atoms with Crippen molar-refractivity contribution in [1.29, 1.82) is 0 Å². The molecule has 0 unspecified atom stereocenters. The van der Waals surface area contributed by atoms with Crippen molar-refractivity contribution < 1.29 is 9.90 Å². The summed E-state index contributed by atoms with van der Waals surface area (Å²) in [6.07, 6.45) is 0.710. The Morgan fingerprint density at radius 2 is 1.95 bits per heavy atom. The number of aryl methyl sites for hydroxylation is 2. The Hall–Kier alpha value is -2.58. The first-order valence-electron chi connectivity index (χ1n) is 6.50. The van der Waals surface area contributed by atoms with Crippen LogP contribution >= 0.6 is 0 Å². The van der Waals surface area contributed by atoms with Gasteiger partial charge in [-0.2, -0.15) is 4.98 Å². The fourth-order valence-electron chi connectivity index (χ4n) is 2.17. The zero-order valence-corrected chi connectivity index (χ0v) is 12.1. The molecule has 2 N–H and O–H groups in total. The molecule has 0 saturated heterocycles. The van der Waals surface area contributed by atoms with E-state index in [4.69, 9.17) is 5.11 Å². The maximum absolute atomic E-state index is 12.2. The number of rotatable bonds is 5. The molecule has 0 amide bonds. The molecule has 2 aromatic rings. The van der Waals surface area contributed by atoms with Crippen LogP contribution in [0.25, 0.3) is 11.2 Å². The fourth-order valence-corrected chi connectivity index (χ4v) is 2.17. The Labute approximate surface area is 119 Å². The zero-order chi connectivity index (χ0) is 15.7. The van der Waals surface area contributed by atoms with E-state index < -0.39 is 17.2 Å². The van der Waals surface area contributed by atoms with Gasteiger partial charge in [0.25, 0.3) is 5.56 Å². The first-order valence-corrected chi connectivity index (χ1v) is 6.50. The molecule has 0 saturated carbocycles. The molecule has 2 rings (SSSR count). The van der Waals surface area contributed by atoms with Gasteiger partial charge in [0.2, 0.25) is 5.95 Å². The van der Waals surface area contributed by atoms with Crippen LogP contribution < -0.4 is 16.6 Å². The molecule has 0 fully saturated rings. The van der Waals surface area contributed by atoms with Crippen molar-refractivity contribution in [3.8, 4) is 0 Å². The van der Waals surface area contributed by atoms with Gasteiger partial charge in [0.1, 0.15) is 6.54 Å². The Kier molecular flexibility index (Phi) is 3.83. The standard InChI is InChI=1S/C12H17N5O4/c1-4-5-17-9-8(10(20)16(3)12(17)21)15(2)11(14-9)13-6-7(18)19/h4-6H2,1-3H3,(H,13,14)(H,18,19). The topological polar surface area (TPSA) is 111 Å². The fraction of sp³-hybridized carbons (Fsp3) is 0.500. The predicted octanol–water partition coefficient (Wildman–Crippen LogP) is -0.660. The Bertz CT molecular complexity index is 814. The molecule has 21 heavy (non-hydrogen) atoms. The van der Waals surface area contributed by atoms with Gasteiger partial charge in [-0.05, 0) is 6.42 Å². The summed E-state index contributed by atoms with van der Waals surface area (Å²) in [5, 5.41) is 11.3. The van der Waals surface area contributed by atoms with Gasteiger partial charge in [-0.1, -0.05) is 6.92 Å². The van der Waals surface area contributed by atoms with Crippen molar-refractivity contribution in [2.24, 2.45) is 14.1 Å². The van der Waals surface area contributed by atoms with Gasteiger partial charge in [0.05, 0.1) is 0 Å². The van der Waals surface area contributed by atoms with Gasteiger partial charge in [-0.3, -0.25) is 18.7 Å². The molecular weight excluding hydrogens is 278 g/mol. The number of nitrogens with one attached hydrogen (secondary N) is 1. The lowest BCUT2D eigenvalue weighted by atomic mass is 10.4. The van der Waals surface area contributed by atoms with Crippen LogP contribution in [0.4, 0.5) is 5.95 Å². The summed E-state index contributed by atoms with van der Waals surface area (Å²) in [6.45, 7) is 2.02. The minimum Gasteiger partial charge on any atom is -0.480 e. The molecule has 0 radical (unpaired) electrons. The van der Waals surface area contributed by atoms with Gasteiger partial charge in [-0.25, -0.2) is 4.79 Å². The molecule has 2 aromatic heterocycles. The molecule has 9 heteroatoms. The van der Waals surface area contributed by atoms with E-state index in [2.05, 4.69) is 10.3 Å². The van der Waals surface area contributed by atoms with E-state index in [0.717, 1.165) is 4.57 Å². The number of aliphatic carboxylic acids is 1. The summed E-state index contributed by atoms with van der Waals surface area (Å²) < 4.78 is 3.91. The molecule has 0 atom stereocenters. The van der Waals surface area contributed by atoms with Crippen LogP contribution in [0.1, 0.15) is 13.3 Å². The highest BCUT2D eigenvalue weighted by atomic mass is 16.4. The third kappa shape index (κ3) is 2.41. The Morgan fingerprint density at radius 3 is 2.52 bits per heavy atom. The van der Waals surface area contributed by atoms with Gasteiger partial charge >= 0.3 is 11.7 Å². The van der Waals surface area contributed by atoms with Gasteiger partial charge < -0.3 is 15.0 Å². The van der Waals surface area contributed by atoms with Crippen molar-refractivity contribution in [1.82, 2.24) is 18.7 Å². The number of carboxylic acid groups (broad SMARTS) is 1. The molecule has 0 aromatic carbocycles. The van der Waals surface area contributed by atoms with Crippen LogP contribution in [0.15, 0.2) is 9.59 Å². The van der Waals surface area contributed by atoms with E-state index in [1.165, 1.54) is 16.2 Å². The third-order valence-electron chi connectivity index (χ3n) is 3.20. The van der Waals surface area contributed by atoms with E-state index in [1.54, 1.807) is 7.05 Å². The third-order valence-corrected chi connectivity index (χ3v) is 3.20. The number of nitrogens with zero attached hydrogens (tertiary/aromatic N) is 4. The number of hydrogen-bond acceptors (Lipinski definition) is 5. The van der Waals surface area contributed by atoms with Crippen molar-refractivity contribution >= 4 is 23.1 Å². The molecule has 0 spiro atoms. The lowest BCUT2D eigenvalue weighted by molar-refractivity contribution is -0.134. The second-order valence-electron chi connectivity index (χ2n) is 4.71. The molecule has 0 aliphatic rings. The SMILES string of the molecule is CCCn1c(=O)n(C)c(=O)c2c1nc(NCC(=O)O)n2C. The summed E-state index contributed by atoms with van der Waals surface area (Å²) in [5.41, 5.74) is -0.364. The summed E-state index contributed by atoms with van der Waals surface area (Å²) in [4.78, 5) is 39.2. The Balaban J connectivity index is 2.74. The van der Waals surface area contributed by atoms with Crippen molar-refractivity contribution in [2.45, 2.75) is 19.9 Å². The molecule has 2 heterocycles. The first-order chi connectivity index (χ1) is 9.88. The van der Waals surface area contributed by atoms with Crippen molar-refractivity contribution in [2.75, 3.05) is 11.9 Å². The molecule has 9 nitrogen and oxygen atoms in total. The number of fused-ring (bicyclic) bond motifs is 1. The first kappa shape index (κ1) is 14.8. The highest BCUT2D eigenvalue weighted by molar-refractivity contribution is 5.76. The largest absolute Gasteiger partial charge is 0.480 e. The number of carboxylic acids is 1. The lowest BCUT2D eigenvalue weighted by Crippen LogP contribution is -2.38. The average Bonchev–Trinajstić information content (AvgIpc) is 2.76. The monoisotopic (exact) mass is 295 g/mol. The summed E-state index contributed by atoms with van der Waals surface area (Å²) in [7, 11) is 3.01. The van der Waals surface area contributed by atoms with Crippen LogP contribution in [0.5, 0.6) is 0 Å². The van der Waals surface area contributed by atoms with E-state index in [9.17, 15) is 14.4 Å². The number of carbonyl (C=O) groups is 1. The van der Waals surface area contributed by atoms with Crippen LogP contribution in [0.3, 0.4) is 0 Å². The number of aromatic nitrogens is 4. The summed E-state index contributed by atoms with van der Waals surface area (Å²) in [5.74, 6) is -0.805. The van der Waals surface area contributed by atoms with Crippen LogP contribution in [0.2, 0.25) is 0 Å². The van der Waals surface area contributed by atoms with Crippen molar-refractivity contribution in [3.63, 3.8) is 0 Å². The quantitative estimate of drug-likeness (QED) is 0.757. The zero-order valence-electron chi connectivity index (χ0n) is 12.1. The minimum atomic E-state index is -1.04. The second kappa shape index (κ2) is 5.43.